The fourth-order valence-corrected chi connectivity index (χ4v) is 3.27. The molecule has 0 aromatic heterocycles. The summed E-state index contributed by atoms with van der Waals surface area (Å²) in [4.78, 5) is 11.5. The number of hydrogen-bond acceptors (Lipinski definition) is 5. The lowest BCUT2D eigenvalue weighted by atomic mass is 10.1. The average Bonchev–Trinajstić information content (AvgIpc) is 2.59. The van der Waals surface area contributed by atoms with Gasteiger partial charge in [0.05, 0.1) is 23.7 Å². The Morgan fingerprint density at radius 2 is 1.74 bits per heavy atom. The fourth-order valence-electron chi connectivity index (χ4n) is 2.04. The summed E-state index contributed by atoms with van der Waals surface area (Å²) in [7, 11) is -2.78. The van der Waals surface area contributed by atoms with E-state index in [1.807, 2.05) is 0 Å². The van der Waals surface area contributed by atoms with Crippen LogP contribution in [0.4, 0.5) is 0 Å². The number of rotatable bonds is 6. The summed E-state index contributed by atoms with van der Waals surface area (Å²) in [5, 5.41) is 10.0. The van der Waals surface area contributed by atoms with Gasteiger partial charge in [-0.15, -0.1) is 0 Å². The number of benzene rings is 2. The van der Waals surface area contributed by atoms with E-state index in [-0.39, 0.29) is 17.0 Å². The van der Waals surface area contributed by atoms with Gasteiger partial charge in [0.1, 0.15) is 0 Å². The lowest BCUT2D eigenvalue weighted by molar-refractivity contribution is 0.0596. The molecule has 0 bridgehead atoms. The van der Waals surface area contributed by atoms with Crippen LogP contribution >= 0.6 is 0 Å². The minimum absolute atomic E-state index is 0.0586. The van der Waals surface area contributed by atoms with E-state index < -0.39 is 22.1 Å². The largest absolute Gasteiger partial charge is 0.465 e. The number of hydrogen-bond donors (Lipinski definition) is 2. The summed E-state index contributed by atoms with van der Waals surface area (Å²) in [5.74, 6) is -0.741. The molecule has 0 amide bonds. The summed E-state index contributed by atoms with van der Waals surface area (Å²) in [6.45, 7) is -0.206. The van der Waals surface area contributed by atoms with E-state index in [0.29, 0.717) is 5.56 Å². The first kappa shape index (κ1) is 17.1. The molecule has 0 spiro atoms. The molecule has 7 heteroatoms. The molecule has 0 aliphatic carbocycles. The van der Waals surface area contributed by atoms with Crippen LogP contribution in [0, 0.1) is 0 Å². The second-order valence-electron chi connectivity index (χ2n) is 4.77. The second kappa shape index (κ2) is 7.36. The number of esters is 1. The van der Waals surface area contributed by atoms with Crippen LogP contribution in [0.3, 0.4) is 0 Å². The van der Waals surface area contributed by atoms with Gasteiger partial charge < -0.3 is 9.84 Å². The highest BCUT2D eigenvalue weighted by atomic mass is 32.2. The van der Waals surface area contributed by atoms with Crippen LogP contribution in [0.25, 0.3) is 0 Å². The van der Waals surface area contributed by atoms with E-state index in [1.54, 1.807) is 36.4 Å². The molecule has 23 heavy (non-hydrogen) atoms. The van der Waals surface area contributed by atoms with Gasteiger partial charge in [-0.3, -0.25) is 0 Å². The van der Waals surface area contributed by atoms with E-state index in [4.69, 9.17) is 0 Å². The maximum atomic E-state index is 12.4. The molecular weight excluding hydrogens is 318 g/mol. The van der Waals surface area contributed by atoms with E-state index in [0.717, 1.165) is 0 Å². The van der Waals surface area contributed by atoms with E-state index in [1.165, 1.54) is 25.3 Å². The van der Waals surface area contributed by atoms with Gasteiger partial charge in [-0.2, -0.15) is 0 Å². The summed E-state index contributed by atoms with van der Waals surface area (Å²) in [6, 6.07) is 14.4. The SMILES string of the molecule is COC(=O)c1ccccc1S(=O)(=O)NCC(O)c1ccccc1. The second-order valence-corrected chi connectivity index (χ2v) is 6.50. The first-order valence-electron chi connectivity index (χ1n) is 6.85. The molecule has 1 atom stereocenters. The highest BCUT2D eigenvalue weighted by Gasteiger charge is 2.23. The molecule has 0 heterocycles. The maximum absolute atomic E-state index is 12.4. The number of ether oxygens (including phenoxy) is 1. The average molecular weight is 335 g/mol. The zero-order valence-electron chi connectivity index (χ0n) is 12.5. The van der Waals surface area contributed by atoms with Gasteiger partial charge in [0, 0.05) is 6.54 Å². The fraction of sp³-hybridized carbons (Fsp3) is 0.188. The van der Waals surface area contributed by atoms with Crippen LogP contribution in [-0.2, 0) is 14.8 Å². The smallest absolute Gasteiger partial charge is 0.339 e. The van der Waals surface area contributed by atoms with Gasteiger partial charge in [0.15, 0.2) is 0 Å². The Kier molecular flexibility index (Phi) is 5.49. The number of aliphatic hydroxyl groups excluding tert-OH is 1. The molecule has 1 unspecified atom stereocenters. The van der Waals surface area contributed by atoms with E-state index in [9.17, 15) is 18.3 Å². The van der Waals surface area contributed by atoms with Crippen molar-refractivity contribution < 1.29 is 23.1 Å². The molecule has 0 saturated heterocycles. The Labute approximate surface area is 134 Å². The van der Waals surface area contributed by atoms with Gasteiger partial charge >= 0.3 is 5.97 Å². The monoisotopic (exact) mass is 335 g/mol. The Bertz CT molecular complexity index is 774. The lowest BCUT2D eigenvalue weighted by Gasteiger charge is -2.14. The van der Waals surface area contributed by atoms with Gasteiger partial charge in [0.25, 0.3) is 0 Å². The predicted octanol–water partition coefficient (Wildman–Crippen LogP) is 1.49. The Morgan fingerprint density at radius 3 is 2.39 bits per heavy atom. The van der Waals surface area contributed by atoms with Crippen molar-refractivity contribution in [3.63, 3.8) is 0 Å². The molecule has 2 N–H and O–H groups in total. The number of carbonyl (C=O) groups excluding carboxylic acids is 1. The summed E-state index contributed by atoms with van der Waals surface area (Å²) >= 11 is 0. The number of carbonyl (C=O) groups is 1. The Morgan fingerprint density at radius 1 is 1.13 bits per heavy atom. The Hall–Kier alpha value is -2.22. The molecule has 0 fully saturated rings. The van der Waals surface area contributed by atoms with E-state index in [2.05, 4.69) is 9.46 Å². The van der Waals surface area contributed by atoms with Crippen molar-refractivity contribution >= 4 is 16.0 Å². The number of nitrogens with one attached hydrogen (secondary N) is 1. The molecule has 0 aliphatic rings. The van der Waals surface area contributed by atoms with Crippen molar-refractivity contribution in [2.75, 3.05) is 13.7 Å². The van der Waals surface area contributed by atoms with Crippen molar-refractivity contribution in [3.05, 3.63) is 65.7 Å². The van der Waals surface area contributed by atoms with Crippen molar-refractivity contribution in [1.82, 2.24) is 4.72 Å². The predicted molar refractivity (Wildman–Crippen MR) is 84.4 cm³/mol. The van der Waals surface area contributed by atoms with Gasteiger partial charge in [0.2, 0.25) is 10.0 Å². The van der Waals surface area contributed by atoms with Crippen LogP contribution in [0.1, 0.15) is 22.0 Å². The first-order valence-corrected chi connectivity index (χ1v) is 8.34. The molecule has 122 valence electrons. The van der Waals surface area contributed by atoms with Gasteiger partial charge in [-0.1, -0.05) is 42.5 Å². The van der Waals surface area contributed by atoms with Crippen molar-refractivity contribution in [3.8, 4) is 0 Å². The minimum atomic E-state index is -3.96. The normalized spacial score (nSPS) is 12.6. The highest BCUT2D eigenvalue weighted by molar-refractivity contribution is 7.89. The van der Waals surface area contributed by atoms with Crippen LogP contribution in [0.15, 0.2) is 59.5 Å². The standard InChI is InChI=1S/C16H17NO5S/c1-22-16(19)13-9-5-6-10-15(13)23(20,21)17-11-14(18)12-7-3-2-4-8-12/h2-10,14,17-18H,11H2,1H3. The highest BCUT2D eigenvalue weighted by Crippen LogP contribution is 2.17. The van der Waals surface area contributed by atoms with Crippen LogP contribution < -0.4 is 4.72 Å². The number of aliphatic hydroxyl groups is 1. The minimum Gasteiger partial charge on any atom is -0.465 e. The van der Waals surface area contributed by atoms with Crippen molar-refractivity contribution in [1.29, 1.82) is 0 Å². The lowest BCUT2D eigenvalue weighted by Crippen LogP contribution is -2.29. The zero-order chi connectivity index (χ0) is 16.9. The number of sulfonamides is 1. The summed E-state index contributed by atoms with van der Waals surface area (Å²) in [5.41, 5.74) is 0.535. The third-order valence-corrected chi connectivity index (χ3v) is 4.71. The molecule has 0 saturated carbocycles. The summed E-state index contributed by atoms with van der Waals surface area (Å²) < 4.78 is 31.7. The topological polar surface area (TPSA) is 92.7 Å². The van der Waals surface area contributed by atoms with Crippen LogP contribution in [0.2, 0.25) is 0 Å². The molecule has 2 aromatic rings. The Balaban J connectivity index is 2.18. The molecular formula is C16H17NO5S. The van der Waals surface area contributed by atoms with Gasteiger partial charge in [-0.25, -0.2) is 17.9 Å². The van der Waals surface area contributed by atoms with Crippen molar-refractivity contribution in [2.24, 2.45) is 0 Å². The summed E-state index contributed by atoms with van der Waals surface area (Å²) in [6.07, 6.45) is -0.990. The van der Waals surface area contributed by atoms with Crippen LogP contribution in [-0.4, -0.2) is 33.1 Å². The quantitative estimate of drug-likeness (QED) is 0.780. The third kappa shape index (κ3) is 4.16. The van der Waals surface area contributed by atoms with Crippen molar-refractivity contribution in [2.45, 2.75) is 11.0 Å². The molecule has 2 rings (SSSR count). The molecule has 6 nitrogen and oxygen atoms in total. The number of methoxy groups -OCH3 is 1. The zero-order valence-corrected chi connectivity index (χ0v) is 13.3. The molecule has 0 aliphatic heterocycles. The molecule has 0 radical (unpaired) electrons. The molecule has 2 aromatic carbocycles. The first-order chi connectivity index (χ1) is 11.0. The maximum Gasteiger partial charge on any atom is 0.339 e. The van der Waals surface area contributed by atoms with E-state index >= 15 is 0 Å². The van der Waals surface area contributed by atoms with Crippen LogP contribution in [0.5, 0.6) is 0 Å². The third-order valence-electron chi connectivity index (χ3n) is 3.23. The van der Waals surface area contributed by atoms with Gasteiger partial charge in [-0.05, 0) is 17.7 Å².